The molecule has 1 aromatic carbocycles. The highest BCUT2D eigenvalue weighted by Crippen LogP contribution is 2.27. The maximum Gasteiger partial charge on any atom is 0.221 e. The van der Waals surface area contributed by atoms with Crippen molar-refractivity contribution in [3.05, 3.63) is 42.1 Å². The van der Waals surface area contributed by atoms with Crippen molar-refractivity contribution in [1.29, 1.82) is 0 Å². The van der Waals surface area contributed by atoms with Crippen molar-refractivity contribution < 1.29 is 4.79 Å². The van der Waals surface area contributed by atoms with E-state index in [1.54, 1.807) is 0 Å². The Kier molecular flexibility index (Phi) is 3.62. The summed E-state index contributed by atoms with van der Waals surface area (Å²) in [4.78, 5) is 13.3. The maximum absolute atomic E-state index is 11.0. The molecule has 0 spiro atoms. The first-order valence-corrected chi connectivity index (χ1v) is 6.44. The van der Waals surface area contributed by atoms with Gasteiger partial charge < -0.3 is 10.6 Å². The van der Waals surface area contributed by atoms with Gasteiger partial charge in [-0.05, 0) is 31.5 Å². The largest absolute Gasteiger partial charge is 0.375 e. The van der Waals surface area contributed by atoms with E-state index in [-0.39, 0.29) is 11.4 Å². The molecule has 0 bridgehead atoms. The van der Waals surface area contributed by atoms with Gasteiger partial charge in [0, 0.05) is 24.9 Å². The normalized spacial score (nSPS) is 18.2. The van der Waals surface area contributed by atoms with Gasteiger partial charge in [-0.15, -0.1) is 0 Å². The summed E-state index contributed by atoms with van der Waals surface area (Å²) >= 11 is 0. The standard InChI is InChI=1S/C15H21N3O/c1-11-15(3,4)18(10-16-11)9-13-5-7-14(8-6-13)17-12(2)19/h5-8,16H,1,9-10H2,2-4H3,(H,17,19). The molecule has 1 fully saturated rings. The van der Waals surface area contributed by atoms with Crippen LogP contribution in [0.5, 0.6) is 0 Å². The molecule has 0 aliphatic carbocycles. The van der Waals surface area contributed by atoms with Gasteiger partial charge in [0.15, 0.2) is 0 Å². The lowest BCUT2D eigenvalue weighted by molar-refractivity contribution is -0.114. The van der Waals surface area contributed by atoms with Crippen LogP contribution in [0.4, 0.5) is 5.69 Å². The molecule has 1 aliphatic heterocycles. The Labute approximate surface area is 114 Å². The Bertz CT molecular complexity index is 491. The molecule has 0 atom stereocenters. The molecule has 1 saturated heterocycles. The first-order chi connectivity index (χ1) is 8.89. The summed E-state index contributed by atoms with van der Waals surface area (Å²) in [7, 11) is 0. The summed E-state index contributed by atoms with van der Waals surface area (Å²) in [5.74, 6) is -0.0473. The molecule has 102 valence electrons. The van der Waals surface area contributed by atoms with Crippen LogP contribution < -0.4 is 10.6 Å². The number of nitrogens with zero attached hydrogens (tertiary/aromatic N) is 1. The summed E-state index contributed by atoms with van der Waals surface area (Å²) in [6, 6.07) is 7.95. The topological polar surface area (TPSA) is 44.4 Å². The van der Waals surface area contributed by atoms with E-state index in [9.17, 15) is 4.79 Å². The van der Waals surface area contributed by atoms with Crippen LogP contribution in [0.15, 0.2) is 36.5 Å². The number of benzene rings is 1. The van der Waals surface area contributed by atoms with Crippen molar-refractivity contribution in [3.8, 4) is 0 Å². The third-order valence-corrected chi connectivity index (χ3v) is 3.66. The second-order valence-electron chi connectivity index (χ2n) is 5.45. The molecule has 0 radical (unpaired) electrons. The molecule has 0 saturated carbocycles. The highest BCUT2D eigenvalue weighted by molar-refractivity contribution is 5.88. The fourth-order valence-electron chi connectivity index (χ4n) is 2.17. The molecule has 1 aliphatic rings. The van der Waals surface area contributed by atoms with E-state index >= 15 is 0 Å². The van der Waals surface area contributed by atoms with Gasteiger partial charge in [0.25, 0.3) is 0 Å². The fourth-order valence-corrected chi connectivity index (χ4v) is 2.17. The molecule has 0 aromatic heterocycles. The molecular weight excluding hydrogens is 238 g/mol. The molecule has 19 heavy (non-hydrogen) atoms. The second kappa shape index (κ2) is 5.05. The Balaban J connectivity index is 2.04. The summed E-state index contributed by atoms with van der Waals surface area (Å²) in [5.41, 5.74) is 3.08. The van der Waals surface area contributed by atoms with Crippen molar-refractivity contribution in [3.63, 3.8) is 0 Å². The van der Waals surface area contributed by atoms with Crippen LogP contribution >= 0.6 is 0 Å². The van der Waals surface area contributed by atoms with Crippen LogP contribution in [0, 0.1) is 0 Å². The molecule has 4 nitrogen and oxygen atoms in total. The number of carbonyl (C=O) groups excluding carboxylic acids is 1. The number of hydrogen-bond acceptors (Lipinski definition) is 3. The van der Waals surface area contributed by atoms with Gasteiger partial charge in [-0.3, -0.25) is 9.69 Å². The average molecular weight is 259 g/mol. The van der Waals surface area contributed by atoms with Crippen molar-refractivity contribution in [1.82, 2.24) is 10.2 Å². The van der Waals surface area contributed by atoms with Crippen molar-refractivity contribution >= 4 is 11.6 Å². The zero-order valence-corrected chi connectivity index (χ0v) is 11.8. The second-order valence-corrected chi connectivity index (χ2v) is 5.45. The van der Waals surface area contributed by atoms with Crippen molar-refractivity contribution in [2.24, 2.45) is 0 Å². The smallest absolute Gasteiger partial charge is 0.221 e. The van der Waals surface area contributed by atoms with E-state index in [2.05, 4.69) is 36.0 Å². The highest BCUT2D eigenvalue weighted by atomic mass is 16.1. The van der Waals surface area contributed by atoms with Gasteiger partial charge in [0.2, 0.25) is 5.91 Å². The molecule has 1 aromatic rings. The Morgan fingerprint density at radius 2 is 2.05 bits per heavy atom. The van der Waals surface area contributed by atoms with Gasteiger partial charge >= 0.3 is 0 Å². The van der Waals surface area contributed by atoms with E-state index in [0.29, 0.717) is 0 Å². The third-order valence-electron chi connectivity index (χ3n) is 3.66. The molecule has 2 rings (SSSR count). The van der Waals surface area contributed by atoms with Gasteiger partial charge in [0.1, 0.15) is 0 Å². The van der Waals surface area contributed by atoms with E-state index in [1.807, 2.05) is 24.3 Å². The lowest BCUT2D eigenvalue weighted by Crippen LogP contribution is -2.38. The van der Waals surface area contributed by atoms with Crippen LogP contribution in [-0.2, 0) is 11.3 Å². The highest BCUT2D eigenvalue weighted by Gasteiger charge is 2.34. The van der Waals surface area contributed by atoms with Gasteiger partial charge in [0.05, 0.1) is 12.2 Å². The number of rotatable bonds is 3. The molecule has 2 N–H and O–H groups in total. The van der Waals surface area contributed by atoms with Crippen molar-refractivity contribution in [2.75, 3.05) is 12.0 Å². The summed E-state index contributed by atoms with van der Waals surface area (Å²) in [5, 5.41) is 6.06. The lowest BCUT2D eigenvalue weighted by atomic mass is 10.0. The predicted octanol–water partition coefficient (Wildman–Crippen LogP) is 2.30. The van der Waals surface area contributed by atoms with E-state index < -0.39 is 0 Å². The SMILES string of the molecule is C=C1NCN(Cc2ccc(NC(C)=O)cc2)C1(C)C. The Morgan fingerprint density at radius 1 is 1.42 bits per heavy atom. The Morgan fingerprint density at radius 3 is 2.53 bits per heavy atom. The van der Waals surface area contributed by atoms with Crippen LogP contribution in [-0.4, -0.2) is 23.0 Å². The average Bonchev–Trinajstić information content (AvgIpc) is 2.58. The molecular formula is C15H21N3O. The van der Waals surface area contributed by atoms with Crippen LogP contribution in [0.2, 0.25) is 0 Å². The van der Waals surface area contributed by atoms with E-state index in [4.69, 9.17) is 0 Å². The van der Waals surface area contributed by atoms with Crippen LogP contribution in [0.1, 0.15) is 26.3 Å². The van der Waals surface area contributed by atoms with Gasteiger partial charge in [-0.1, -0.05) is 18.7 Å². The zero-order chi connectivity index (χ0) is 14.0. The fraction of sp³-hybridized carbons (Fsp3) is 0.400. The molecule has 0 unspecified atom stereocenters. The van der Waals surface area contributed by atoms with Gasteiger partial charge in [-0.25, -0.2) is 0 Å². The number of anilines is 1. The lowest BCUT2D eigenvalue weighted by Gasteiger charge is -2.30. The van der Waals surface area contributed by atoms with Crippen molar-refractivity contribution in [2.45, 2.75) is 32.9 Å². The van der Waals surface area contributed by atoms with Gasteiger partial charge in [-0.2, -0.15) is 0 Å². The summed E-state index contributed by atoms with van der Waals surface area (Å²) in [6.07, 6.45) is 0. The first-order valence-electron chi connectivity index (χ1n) is 6.44. The number of carbonyl (C=O) groups is 1. The molecule has 1 amide bonds. The predicted molar refractivity (Wildman–Crippen MR) is 77.5 cm³/mol. The first kappa shape index (κ1) is 13.6. The summed E-state index contributed by atoms with van der Waals surface area (Å²) < 4.78 is 0. The number of nitrogens with one attached hydrogen (secondary N) is 2. The minimum atomic E-state index is -0.0473. The quantitative estimate of drug-likeness (QED) is 0.875. The zero-order valence-electron chi connectivity index (χ0n) is 11.8. The molecule has 4 heteroatoms. The van der Waals surface area contributed by atoms with Crippen LogP contribution in [0.25, 0.3) is 0 Å². The number of amides is 1. The van der Waals surface area contributed by atoms with E-state index in [0.717, 1.165) is 24.6 Å². The minimum absolute atomic E-state index is 0.0314. The summed E-state index contributed by atoms with van der Waals surface area (Å²) in [6.45, 7) is 11.6. The monoisotopic (exact) mass is 259 g/mol. The van der Waals surface area contributed by atoms with Crippen LogP contribution in [0.3, 0.4) is 0 Å². The maximum atomic E-state index is 11.0. The Hall–Kier alpha value is -1.81. The third kappa shape index (κ3) is 2.96. The number of hydrogen-bond donors (Lipinski definition) is 2. The molecule has 1 heterocycles. The van der Waals surface area contributed by atoms with E-state index in [1.165, 1.54) is 12.5 Å². The minimum Gasteiger partial charge on any atom is -0.375 e.